The highest BCUT2D eigenvalue weighted by atomic mass is 16.5. The first-order valence-electron chi connectivity index (χ1n) is 6.35. The minimum atomic E-state index is 0.691. The molecule has 2 N–H and O–H groups in total. The van der Waals surface area contributed by atoms with E-state index in [0.29, 0.717) is 5.69 Å². The van der Waals surface area contributed by atoms with E-state index in [1.807, 2.05) is 49.4 Å². The van der Waals surface area contributed by atoms with Crippen LogP contribution in [0.1, 0.15) is 5.69 Å². The van der Waals surface area contributed by atoms with Gasteiger partial charge in [0.15, 0.2) is 0 Å². The minimum Gasteiger partial charge on any atom is -0.497 e. The van der Waals surface area contributed by atoms with Crippen LogP contribution >= 0.6 is 0 Å². The molecule has 0 spiro atoms. The molecule has 0 saturated heterocycles. The van der Waals surface area contributed by atoms with Gasteiger partial charge in [0, 0.05) is 11.3 Å². The van der Waals surface area contributed by atoms with Gasteiger partial charge in [0.2, 0.25) is 0 Å². The standard InChI is InChI=1S/C16H15N3O/c1-10-16(11-3-6-13(20-2)7-4-11)19-15-9-12(17)5-8-14(15)18-10/h3-9H,17H2,1-2H3. The van der Waals surface area contributed by atoms with Crippen molar-refractivity contribution in [3.8, 4) is 17.0 Å². The van der Waals surface area contributed by atoms with Gasteiger partial charge in [0.1, 0.15) is 5.75 Å². The molecule has 0 radical (unpaired) electrons. The van der Waals surface area contributed by atoms with Crippen LogP contribution in [0.5, 0.6) is 5.75 Å². The maximum Gasteiger partial charge on any atom is 0.118 e. The first kappa shape index (κ1) is 12.4. The van der Waals surface area contributed by atoms with Gasteiger partial charge in [-0.25, -0.2) is 9.97 Å². The number of benzene rings is 2. The van der Waals surface area contributed by atoms with Crippen molar-refractivity contribution in [3.05, 3.63) is 48.2 Å². The van der Waals surface area contributed by atoms with E-state index in [4.69, 9.17) is 10.5 Å². The average Bonchev–Trinajstić information content (AvgIpc) is 2.47. The second-order valence-electron chi connectivity index (χ2n) is 4.63. The van der Waals surface area contributed by atoms with Gasteiger partial charge in [-0.15, -0.1) is 0 Å². The van der Waals surface area contributed by atoms with Crippen molar-refractivity contribution in [1.82, 2.24) is 9.97 Å². The van der Waals surface area contributed by atoms with Crippen LogP contribution in [-0.4, -0.2) is 17.1 Å². The summed E-state index contributed by atoms with van der Waals surface area (Å²) in [5, 5.41) is 0. The quantitative estimate of drug-likeness (QED) is 0.723. The van der Waals surface area contributed by atoms with Crippen molar-refractivity contribution < 1.29 is 4.74 Å². The summed E-state index contributed by atoms with van der Waals surface area (Å²) in [6, 6.07) is 13.4. The molecule has 3 rings (SSSR count). The summed E-state index contributed by atoms with van der Waals surface area (Å²) >= 11 is 0. The third-order valence-electron chi connectivity index (χ3n) is 3.23. The molecule has 1 aromatic heterocycles. The average molecular weight is 265 g/mol. The molecule has 4 heteroatoms. The van der Waals surface area contributed by atoms with Crippen molar-refractivity contribution in [2.45, 2.75) is 6.92 Å². The number of aryl methyl sites for hydroxylation is 1. The number of ether oxygens (including phenoxy) is 1. The van der Waals surface area contributed by atoms with Crippen molar-refractivity contribution in [2.75, 3.05) is 12.8 Å². The molecule has 0 aliphatic rings. The zero-order chi connectivity index (χ0) is 14.1. The molecule has 100 valence electrons. The van der Waals surface area contributed by atoms with Crippen LogP contribution in [0, 0.1) is 6.92 Å². The summed E-state index contributed by atoms with van der Waals surface area (Å²) in [4.78, 5) is 9.26. The third kappa shape index (κ3) is 2.16. The molecule has 0 fully saturated rings. The second kappa shape index (κ2) is 4.81. The molecule has 0 bridgehead atoms. The van der Waals surface area contributed by atoms with Gasteiger partial charge < -0.3 is 10.5 Å². The number of nitrogens with two attached hydrogens (primary N) is 1. The first-order chi connectivity index (χ1) is 9.67. The molecular formula is C16H15N3O. The van der Waals surface area contributed by atoms with Crippen molar-refractivity contribution >= 4 is 16.7 Å². The first-order valence-corrected chi connectivity index (χ1v) is 6.35. The number of aromatic nitrogens is 2. The molecule has 1 heterocycles. The lowest BCUT2D eigenvalue weighted by molar-refractivity contribution is 0.415. The zero-order valence-electron chi connectivity index (χ0n) is 11.4. The Balaban J connectivity index is 2.16. The second-order valence-corrected chi connectivity index (χ2v) is 4.63. The fourth-order valence-electron chi connectivity index (χ4n) is 2.18. The highest BCUT2D eigenvalue weighted by molar-refractivity contribution is 5.81. The fraction of sp³-hybridized carbons (Fsp3) is 0.125. The Hall–Kier alpha value is -2.62. The van der Waals surface area contributed by atoms with Crippen LogP contribution in [0.25, 0.3) is 22.3 Å². The van der Waals surface area contributed by atoms with Crippen LogP contribution in [0.4, 0.5) is 5.69 Å². The predicted molar refractivity (Wildman–Crippen MR) is 80.7 cm³/mol. The highest BCUT2D eigenvalue weighted by Crippen LogP contribution is 2.25. The third-order valence-corrected chi connectivity index (χ3v) is 3.23. The molecule has 0 unspecified atom stereocenters. The largest absolute Gasteiger partial charge is 0.497 e. The fourth-order valence-corrected chi connectivity index (χ4v) is 2.18. The van der Waals surface area contributed by atoms with Gasteiger partial charge >= 0.3 is 0 Å². The zero-order valence-corrected chi connectivity index (χ0v) is 11.4. The Morgan fingerprint density at radius 1 is 0.950 bits per heavy atom. The van der Waals surface area contributed by atoms with Crippen LogP contribution in [0.15, 0.2) is 42.5 Å². The van der Waals surface area contributed by atoms with Gasteiger partial charge in [-0.3, -0.25) is 0 Å². The van der Waals surface area contributed by atoms with E-state index in [-0.39, 0.29) is 0 Å². The van der Waals surface area contributed by atoms with E-state index < -0.39 is 0 Å². The van der Waals surface area contributed by atoms with Crippen molar-refractivity contribution in [3.63, 3.8) is 0 Å². The highest BCUT2D eigenvalue weighted by Gasteiger charge is 2.08. The predicted octanol–water partition coefficient (Wildman–Crippen LogP) is 3.20. The van der Waals surface area contributed by atoms with E-state index in [1.54, 1.807) is 7.11 Å². The summed E-state index contributed by atoms with van der Waals surface area (Å²) in [6.07, 6.45) is 0. The Bertz CT molecular complexity index is 767. The molecule has 2 aromatic carbocycles. The van der Waals surface area contributed by atoms with Gasteiger partial charge in [0.25, 0.3) is 0 Å². The maximum atomic E-state index is 5.80. The number of rotatable bonds is 2. The van der Waals surface area contributed by atoms with Crippen LogP contribution in [0.3, 0.4) is 0 Å². The monoisotopic (exact) mass is 265 g/mol. The van der Waals surface area contributed by atoms with Crippen molar-refractivity contribution in [2.24, 2.45) is 0 Å². The van der Waals surface area contributed by atoms with Gasteiger partial charge in [-0.2, -0.15) is 0 Å². The summed E-state index contributed by atoms with van der Waals surface area (Å²) in [5.41, 5.74) is 10.9. The lowest BCUT2D eigenvalue weighted by Gasteiger charge is -2.08. The van der Waals surface area contributed by atoms with Crippen LogP contribution in [0.2, 0.25) is 0 Å². The number of methoxy groups -OCH3 is 1. The number of anilines is 1. The number of nitrogens with zero attached hydrogens (tertiary/aromatic N) is 2. The minimum absolute atomic E-state index is 0.691. The molecule has 0 saturated carbocycles. The van der Waals surface area contributed by atoms with E-state index in [2.05, 4.69) is 9.97 Å². The molecule has 3 aromatic rings. The Labute approximate surface area is 117 Å². The van der Waals surface area contributed by atoms with Gasteiger partial charge in [0.05, 0.1) is 29.5 Å². The van der Waals surface area contributed by atoms with Gasteiger partial charge in [-0.05, 0) is 49.4 Å². The molecule has 0 atom stereocenters. The number of hydrogen-bond acceptors (Lipinski definition) is 4. The number of nitrogen functional groups attached to an aromatic ring is 1. The maximum absolute atomic E-state index is 5.80. The normalized spacial score (nSPS) is 10.7. The number of hydrogen-bond donors (Lipinski definition) is 1. The lowest BCUT2D eigenvalue weighted by atomic mass is 10.1. The smallest absolute Gasteiger partial charge is 0.118 e. The van der Waals surface area contributed by atoms with E-state index >= 15 is 0 Å². The van der Waals surface area contributed by atoms with E-state index in [1.165, 1.54) is 0 Å². The molecule has 4 nitrogen and oxygen atoms in total. The van der Waals surface area contributed by atoms with Gasteiger partial charge in [-0.1, -0.05) is 0 Å². The molecule has 0 amide bonds. The topological polar surface area (TPSA) is 61.0 Å². The molecular weight excluding hydrogens is 250 g/mol. The molecule has 0 aliphatic heterocycles. The molecule has 0 aliphatic carbocycles. The van der Waals surface area contributed by atoms with Crippen LogP contribution < -0.4 is 10.5 Å². The summed E-state index contributed by atoms with van der Waals surface area (Å²) in [5.74, 6) is 0.824. The molecule has 20 heavy (non-hydrogen) atoms. The van der Waals surface area contributed by atoms with E-state index in [9.17, 15) is 0 Å². The SMILES string of the molecule is COc1ccc(-c2nc3cc(N)ccc3nc2C)cc1. The van der Waals surface area contributed by atoms with Crippen molar-refractivity contribution in [1.29, 1.82) is 0 Å². The summed E-state index contributed by atoms with van der Waals surface area (Å²) in [7, 11) is 1.65. The number of fused-ring (bicyclic) bond motifs is 1. The Morgan fingerprint density at radius 2 is 1.70 bits per heavy atom. The Kier molecular flexibility index (Phi) is 2.99. The van der Waals surface area contributed by atoms with Crippen LogP contribution in [-0.2, 0) is 0 Å². The Morgan fingerprint density at radius 3 is 2.40 bits per heavy atom. The van der Waals surface area contributed by atoms with E-state index in [0.717, 1.165) is 33.7 Å². The lowest BCUT2D eigenvalue weighted by Crippen LogP contribution is -1.95. The summed E-state index contributed by atoms with van der Waals surface area (Å²) < 4.78 is 5.17. The summed E-state index contributed by atoms with van der Waals surface area (Å²) in [6.45, 7) is 1.96.